The van der Waals surface area contributed by atoms with Crippen molar-refractivity contribution in [3.63, 3.8) is 0 Å². The van der Waals surface area contributed by atoms with E-state index in [2.05, 4.69) is 26.1 Å². The van der Waals surface area contributed by atoms with Gasteiger partial charge in [-0.3, -0.25) is 0 Å². The van der Waals surface area contributed by atoms with E-state index in [1.54, 1.807) is 0 Å². The van der Waals surface area contributed by atoms with Crippen LogP contribution in [0.1, 0.15) is 40.0 Å². The van der Waals surface area contributed by atoms with E-state index in [0.717, 1.165) is 24.9 Å². The van der Waals surface area contributed by atoms with Gasteiger partial charge < -0.3 is 11.1 Å². The molecule has 1 aliphatic carbocycles. The summed E-state index contributed by atoms with van der Waals surface area (Å²) in [7, 11) is 0. The first-order valence-corrected chi connectivity index (χ1v) is 5.59. The number of hydrogen-bond acceptors (Lipinski definition) is 2. The maximum atomic E-state index is 5.88. The second-order valence-corrected chi connectivity index (χ2v) is 4.76. The minimum Gasteiger partial charge on any atom is -0.329 e. The van der Waals surface area contributed by atoms with Gasteiger partial charge in [0.05, 0.1) is 0 Å². The average Bonchev–Trinajstić information content (AvgIpc) is 2.91. The van der Waals surface area contributed by atoms with Crippen molar-refractivity contribution < 1.29 is 0 Å². The first-order valence-electron chi connectivity index (χ1n) is 5.59. The minimum atomic E-state index is 0.254. The van der Waals surface area contributed by atoms with Crippen LogP contribution in [0, 0.1) is 11.8 Å². The van der Waals surface area contributed by atoms with Crippen molar-refractivity contribution in [2.75, 3.05) is 13.1 Å². The summed E-state index contributed by atoms with van der Waals surface area (Å²) in [5.74, 6) is 1.57. The van der Waals surface area contributed by atoms with Crippen LogP contribution < -0.4 is 11.1 Å². The van der Waals surface area contributed by atoms with Crippen LogP contribution >= 0.6 is 0 Å². The van der Waals surface area contributed by atoms with E-state index in [1.165, 1.54) is 19.3 Å². The smallest absolute Gasteiger partial charge is 0.0329 e. The molecule has 13 heavy (non-hydrogen) atoms. The predicted octanol–water partition coefficient (Wildman–Crippen LogP) is 1.75. The van der Waals surface area contributed by atoms with Crippen molar-refractivity contribution in [3.8, 4) is 0 Å². The largest absolute Gasteiger partial charge is 0.329 e. The molecule has 0 radical (unpaired) electrons. The third-order valence-corrected chi connectivity index (χ3v) is 3.22. The molecule has 1 saturated carbocycles. The molecule has 2 nitrogen and oxygen atoms in total. The second kappa shape index (κ2) is 4.43. The molecule has 0 aromatic carbocycles. The van der Waals surface area contributed by atoms with E-state index in [4.69, 9.17) is 5.73 Å². The quantitative estimate of drug-likeness (QED) is 0.660. The molecule has 1 aliphatic rings. The summed E-state index contributed by atoms with van der Waals surface area (Å²) >= 11 is 0. The first kappa shape index (κ1) is 11.0. The van der Waals surface area contributed by atoms with Gasteiger partial charge in [-0.05, 0) is 37.6 Å². The highest BCUT2D eigenvalue weighted by atomic mass is 15.0. The predicted molar refractivity (Wildman–Crippen MR) is 57.6 cm³/mol. The van der Waals surface area contributed by atoms with E-state index in [-0.39, 0.29) is 5.54 Å². The molecule has 1 rings (SSSR count). The SMILES string of the molecule is CCC(CN)(NCC(C)C)C1CC1. The first-order chi connectivity index (χ1) is 6.14. The Bertz CT molecular complexity index is 146. The Morgan fingerprint density at radius 1 is 1.46 bits per heavy atom. The van der Waals surface area contributed by atoms with Crippen LogP contribution in [0.3, 0.4) is 0 Å². The van der Waals surface area contributed by atoms with Crippen molar-refractivity contribution in [1.82, 2.24) is 5.32 Å². The van der Waals surface area contributed by atoms with Crippen molar-refractivity contribution in [3.05, 3.63) is 0 Å². The number of rotatable bonds is 6. The fourth-order valence-corrected chi connectivity index (χ4v) is 1.98. The van der Waals surface area contributed by atoms with Crippen molar-refractivity contribution in [2.45, 2.75) is 45.6 Å². The number of nitrogens with two attached hydrogens (primary N) is 1. The molecule has 0 saturated heterocycles. The molecular weight excluding hydrogens is 160 g/mol. The summed E-state index contributed by atoms with van der Waals surface area (Å²) < 4.78 is 0. The van der Waals surface area contributed by atoms with Gasteiger partial charge in [-0.25, -0.2) is 0 Å². The Balaban J connectivity index is 2.44. The van der Waals surface area contributed by atoms with Crippen LogP contribution in [0.15, 0.2) is 0 Å². The maximum absolute atomic E-state index is 5.88. The minimum absolute atomic E-state index is 0.254. The lowest BCUT2D eigenvalue weighted by molar-refractivity contribution is 0.267. The number of nitrogens with one attached hydrogen (secondary N) is 1. The van der Waals surface area contributed by atoms with Crippen LogP contribution in [0.5, 0.6) is 0 Å². The Morgan fingerprint density at radius 3 is 2.38 bits per heavy atom. The fraction of sp³-hybridized carbons (Fsp3) is 1.00. The van der Waals surface area contributed by atoms with Gasteiger partial charge in [0.15, 0.2) is 0 Å². The van der Waals surface area contributed by atoms with Gasteiger partial charge in [-0.1, -0.05) is 20.8 Å². The Kier molecular flexibility index (Phi) is 3.74. The molecule has 2 heteroatoms. The molecule has 0 bridgehead atoms. The molecule has 78 valence electrons. The molecular formula is C11H24N2. The van der Waals surface area contributed by atoms with Crippen LogP contribution in [0.2, 0.25) is 0 Å². The van der Waals surface area contributed by atoms with E-state index in [1.807, 2.05) is 0 Å². The highest BCUT2D eigenvalue weighted by Crippen LogP contribution is 2.41. The Hall–Kier alpha value is -0.0800. The van der Waals surface area contributed by atoms with E-state index in [0.29, 0.717) is 0 Å². The molecule has 0 aliphatic heterocycles. The molecule has 1 fully saturated rings. The Morgan fingerprint density at radius 2 is 2.08 bits per heavy atom. The van der Waals surface area contributed by atoms with Gasteiger partial charge in [0.1, 0.15) is 0 Å². The van der Waals surface area contributed by atoms with E-state index in [9.17, 15) is 0 Å². The van der Waals surface area contributed by atoms with Gasteiger partial charge in [-0.15, -0.1) is 0 Å². The summed E-state index contributed by atoms with van der Waals surface area (Å²) in [5.41, 5.74) is 6.14. The summed E-state index contributed by atoms with van der Waals surface area (Å²) in [6.07, 6.45) is 3.91. The Labute approximate surface area is 82.3 Å². The molecule has 3 N–H and O–H groups in total. The normalized spacial score (nSPS) is 21.9. The molecule has 1 unspecified atom stereocenters. The number of hydrogen-bond donors (Lipinski definition) is 2. The van der Waals surface area contributed by atoms with Crippen molar-refractivity contribution in [1.29, 1.82) is 0 Å². The molecule has 0 heterocycles. The highest BCUT2D eigenvalue weighted by molar-refractivity contribution is 5.01. The average molecular weight is 184 g/mol. The van der Waals surface area contributed by atoms with Crippen molar-refractivity contribution in [2.24, 2.45) is 17.6 Å². The van der Waals surface area contributed by atoms with E-state index >= 15 is 0 Å². The lowest BCUT2D eigenvalue weighted by Crippen LogP contribution is -2.53. The molecule has 0 spiro atoms. The monoisotopic (exact) mass is 184 g/mol. The second-order valence-electron chi connectivity index (χ2n) is 4.76. The maximum Gasteiger partial charge on any atom is 0.0329 e. The van der Waals surface area contributed by atoms with Crippen LogP contribution in [-0.2, 0) is 0 Å². The van der Waals surface area contributed by atoms with Crippen LogP contribution in [0.25, 0.3) is 0 Å². The zero-order valence-corrected chi connectivity index (χ0v) is 9.27. The standard InChI is InChI=1S/C11H24N2/c1-4-11(8-12,10-5-6-10)13-7-9(2)3/h9-10,13H,4-8,12H2,1-3H3. The van der Waals surface area contributed by atoms with Crippen LogP contribution in [0.4, 0.5) is 0 Å². The topological polar surface area (TPSA) is 38.0 Å². The highest BCUT2D eigenvalue weighted by Gasteiger charge is 2.42. The molecule has 0 aromatic heterocycles. The third-order valence-electron chi connectivity index (χ3n) is 3.22. The van der Waals surface area contributed by atoms with Gasteiger partial charge in [0.2, 0.25) is 0 Å². The summed E-state index contributed by atoms with van der Waals surface area (Å²) in [6.45, 7) is 8.63. The molecule has 0 aromatic rings. The van der Waals surface area contributed by atoms with Gasteiger partial charge in [0.25, 0.3) is 0 Å². The van der Waals surface area contributed by atoms with Gasteiger partial charge >= 0.3 is 0 Å². The lowest BCUT2D eigenvalue weighted by Gasteiger charge is -2.34. The summed E-state index contributed by atoms with van der Waals surface area (Å²) in [6, 6.07) is 0. The molecule has 1 atom stereocenters. The third kappa shape index (κ3) is 2.68. The zero-order chi connectivity index (χ0) is 9.90. The summed E-state index contributed by atoms with van der Waals surface area (Å²) in [5, 5.41) is 3.67. The summed E-state index contributed by atoms with van der Waals surface area (Å²) in [4.78, 5) is 0. The van der Waals surface area contributed by atoms with E-state index < -0.39 is 0 Å². The van der Waals surface area contributed by atoms with Crippen molar-refractivity contribution >= 4 is 0 Å². The zero-order valence-electron chi connectivity index (χ0n) is 9.27. The van der Waals surface area contributed by atoms with Gasteiger partial charge in [0, 0.05) is 12.1 Å². The lowest BCUT2D eigenvalue weighted by atomic mass is 9.89. The molecule has 0 amide bonds. The van der Waals surface area contributed by atoms with Gasteiger partial charge in [-0.2, -0.15) is 0 Å². The fourth-order valence-electron chi connectivity index (χ4n) is 1.98. The van der Waals surface area contributed by atoms with Crippen LogP contribution in [-0.4, -0.2) is 18.6 Å².